The molecule has 2 nitrogen and oxygen atoms in total. The molecule has 0 saturated carbocycles. The van der Waals surface area contributed by atoms with Crippen molar-refractivity contribution in [2.45, 2.75) is 61.8 Å². The summed E-state index contributed by atoms with van der Waals surface area (Å²) in [6.45, 7) is 20.1. The Morgan fingerprint density at radius 2 is 1.45 bits per heavy atom. The van der Waals surface area contributed by atoms with Gasteiger partial charge in [0.1, 0.15) is 0 Å². The molecule has 0 aliphatic carbocycles. The van der Waals surface area contributed by atoms with Gasteiger partial charge in [0.25, 0.3) is 0 Å². The number of allylic oxidation sites excluding steroid dienone is 9. The fourth-order valence-corrected chi connectivity index (χ4v) is 2.93. The molecule has 1 aromatic carbocycles. The normalized spacial score (nSPS) is 12.2. The van der Waals surface area contributed by atoms with Gasteiger partial charge in [0.2, 0.25) is 0 Å². The van der Waals surface area contributed by atoms with Crippen LogP contribution in [0.25, 0.3) is 22.2 Å². The van der Waals surface area contributed by atoms with Gasteiger partial charge in [0.15, 0.2) is 0 Å². The minimum atomic E-state index is 0.887. The predicted octanol–water partition coefficient (Wildman–Crippen LogP) is 8.59. The zero-order valence-corrected chi connectivity index (χ0v) is 19.6. The van der Waals surface area contributed by atoms with E-state index < -0.39 is 0 Å². The molecular formula is C27H38N2. The Balaban J connectivity index is 0.00000184. The average Bonchev–Trinajstić information content (AvgIpc) is 2.79. The molecule has 29 heavy (non-hydrogen) atoms. The van der Waals surface area contributed by atoms with Gasteiger partial charge in [-0.3, -0.25) is 0 Å². The largest absolute Gasteiger partial charge is 0.244 e. The first-order chi connectivity index (χ1) is 14.2. The molecule has 0 N–H and O–H groups in total. The molecule has 156 valence electrons. The fraction of sp³-hybridized carbons (Fsp3) is 0.333. The third kappa shape index (κ3) is 6.98. The van der Waals surface area contributed by atoms with Crippen molar-refractivity contribution in [3.63, 3.8) is 0 Å². The molecule has 0 bridgehead atoms. The number of fused-ring (bicyclic) bond motifs is 1. The van der Waals surface area contributed by atoms with Gasteiger partial charge < -0.3 is 0 Å². The van der Waals surface area contributed by atoms with Crippen LogP contribution in [-0.4, -0.2) is 9.97 Å². The van der Waals surface area contributed by atoms with Gasteiger partial charge in [0.05, 0.1) is 22.4 Å². The molecule has 0 fully saturated rings. The maximum Gasteiger partial charge on any atom is 0.0972 e. The number of hydrogen-bond donors (Lipinski definition) is 0. The van der Waals surface area contributed by atoms with Crippen LogP contribution in [0.5, 0.6) is 0 Å². The molecular weight excluding hydrogens is 352 g/mol. The van der Waals surface area contributed by atoms with Crippen molar-refractivity contribution in [2.24, 2.45) is 0 Å². The first kappa shape index (κ1) is 26.3. The summed E-state index contributed by atoms with van der Waals surface area (Å²) < 4.78 is 0. The van der Waals surface area contributed by atoms with Crippen LogP contribution >= 0.6 is 0 Å². The van der Waals surface area contributed by atoms with Crippen molar-refractivity contribution >= 4 is 22.2 Å². The minimum absolute atomic E-state index is 0.887. The number of aromatic nitrogens is 2. The molecule has 2 heteroatoms. The number of para-hydroxylation sites is 2. The molecule has 0 aliphatic rings. The van der Waals surface area contributed by atoms with Crippen LogP contribution in [0.1, 0.15) is 73.2 Å². The van der Waals surface area contributed by atoms with Crippen molar-refractivity contribution in [3.05, 3.63) is 84.3 Å². The van der Waals surface area contributed by atoms with E-state index in [1.807, 2.05) is 71.0 Å². The Morgan fingerprint density at radius 1 is 0.897 bits per heavy atom. The van der Waals surface area contributed by atoms with Gasteiger partial charge in [-0.05, 0) is 44.9 Å². The lowest BCUT2D eigenvalue weighted by Crippen LogP contribution is -2.03. The first-order valence-electron chi connectivity index (χ1n) is 10.7. The van der Waals surface area contributed by atoms with E-state index in [9.17, 15) is 0 Å². The quantitative estimate of drug-likeness (QED) is 0.461. The smallest absolute Gasteiger partial charge is 0.0972 e. The molecule has 1 heterocycles. The number of nitrogens with zero attached hydrogens (tertiary/aromatic N) is 2. The lowest BCUT2D eigenvalue weighted by Gasteiger charge is -2.15. The van der Waals surface area contributed by atoms with E-state index in [0.29, 0.717) is 0 Å². The third-order valence-corrected chi connectivity index (χ3v) is 4.11. The van der Waals surface area contributed by atoms with Crippen LogP contribution < -0.4 is 0 Å². The van der Waals surface area contributed by atoms with Crippen LogP contribution in [0.2, 0.25) is 0 Å². The molecule has 0 atom stereocenters. The molecule has 0 unspecified atom stereocenters. The Kier molecular flexibility index (Phi) is 13.8. The molecule has 0 amide bonds. The van der Waals surface area contributed by atoms with Crippen LogP contribution in [0, 0.1) is 0 Å². The summed E-state index contributed by atoms with van der Waals surface area (Å²) in [5, 5.41) is 0. The van der Waals surface area contributed by atoms with Crippen LogP contribution in [-0.2, 0) is 0 Å². The van der Waals surface area contributed by atoms with E-state index >= 15 is 0 Å². The summed E-state index contributed by atoms with van der Waals surface area (Å²) in [6, 6.07) is 8.00. The second-order valence-electron chi connectivity index (χ2n) is 5.64. The highest BCUT2D eigenvalue weighted by atomic mass is 14.8. The van der Waals surface area contributed by atoms with Gasteiger partial charge in [-0.2, -0.15) is 0 Å². The van der Waals surface area contributed by atoms with Crippen molar-refractivity contribution in [1.82, 2.24) is 9.97 Å². The molecule has 0 radical (unpaired) electrons. The molecule has 0 saturated heterocycles. The number of rotatable bonds is 6. The maximum atomic E-state index is 4.97. The SMILES string of the molecule is C=C/C=C(\C=C/C)c1nc2ccccc2nc1C(=C/C)/C(=C\C)CC.CC.CC. The van der Waals surface area contributed by atoms with Crippen molar-refractivity contribution < 1.29 is 0 Å². The maximum absolute atomic E-state index is 4.97. The topological polar surface area (TPSA) is 25.8 Å². The van der Waals surface area contributed by atoms with E-state index in [4.69, 9.17) is 9.97 Å². The van der Waals surface area contributed by atoms with Crippen LogP contribution in [0.15, 0.2) is 72.9 Å². The van der Waals surface area contributed by atoms with Crippen molar-refractivity contribution in [3.8, 4) is 0 Å². The zero-order chi connectivity index (χ0) is 22.2. The number of benzene rings is 1. The van der Waals surface area contributed by atoms with E-state index in [1.54, 1.807) is 6.08 Å². The summed E-state index contributed by atoms with van der Waals surface area (Å²) in [5.74, 6) is 0. The summed E-state index contributed by atoms with van der Waals surface area (Å²) >= 11 is 0. The highest BCUT2D eigenvalue weighted by Crippen LogP contribution is 2.31. The molecule has 0 aliphatic heterocycles. The Bertz CT molecular complexity index is 881. The molecule has 1 aromatic heterocycles. The summed E-state index contributed by atoms with van der Waals surface area (Å²) in [5.41, 5.74) is 7.03. The second-order valence-corrected chi connectivity index (χ2v) is 5.64. The minimum Gasteiger partial charge on any atom is -0.244 e. The van der Waals surface area contributed by atoms with E-state index in [0.717, 1.165) is 40.0 Å². The molecule has 0 spiro atoms. The fourth-order valence-electron chi connectivity index (χ4n) is 2.93. The lowest BCUT2D eigenvalue weighted by atomic mass is 9.95. The summed E-state index contributed by atoms with van der Waals surface area (Å²) in [6.07, 6.45) is 13.1. The Hall–Kier alpha value is -2.74. The van der Waals surface area contributed by atoms with Crippen molar-refractivity contribution in [2.75, 3.05) is 0 Å². The van der Waals surface area contributed by atoms with Gasteiger partial charge in [0, 0.05) is 11.1 Å². The van der Waals surface area contributed by atoms with Crippen molar-refractivity contribution in [1.29, 1.82) is 0 Å². The average molecular weight is 391 g/mol. The highest BCUT2D eigenvalue weighted by Gasteiger charge is 2.16. The predicted molar refractivity (Wildman–Crippen MR) is 133 cm³/mol. The molecule has 2 rings (SSSR count). The summed E-state index contributed by atoms with van der Waals surface area (Å²) in [4.78, 5) is 9.90. The van der Waals surface area contributed by atoms with E-state index in [-0.39, 0.29) is 0 Å². The highest BCUT2D eigenvalue weighted by molar-refractivity contribution is 5.89. The third-order valence-electron chi connectivity index (χ3n) is 4.11. The van der Waals surface area contributed by atoms with Gasteiger partial charge >= 0.3 is 0 Å². The lowest BCUT2D eigenvalue weighted by molar-refractivity contribution is 1.12. The number of hydrogen-bond acceptors (Lipinski definition) is 2. The Labute approximate surface area is 178 Å². The molecule has 2 aromatic rings. The first-order valence-corrected chi connectivity index (χ1v) is 10.7. The van der Waals surface area contributed by atoms with E-state index in [2.05, 4.69) is 45.6 Å². The monoisotopic (exact) mass is 390 g/mol. The standard InChI is InChI=1S/C23H26N2.2C2H6/c1-6-13-18(14-7-2)22-23(19(10-5)17(8-3)9-4)25-21-16-12-11-15-20(21)24-22;2*1-2/h6-8,10-16H,1,9H2,2-5H3;2*1-2H3/b14-7-,17-8-,18-13+,19-10+;;. The Morgan fingerprint density at radius 3 is 1.86 bits per heavy atom. The summed E-state index contributed by atoms with van der Waals surface area (Å²) in [7, 11) is 0. The van der Waals surface area contributed by atoms with Crippen LogP contribution in [0.4, 0.5) is 0 Å². The van der Waals surface area contributed by atoms with Gasteiger partial charge in [-0.15, -0.1) is 0 Å². The van der Waals surface area contributed by atoms with Gasteiger partial charge in [-0.1, -0.05) is 89.8 Å². The van der Waals surface area contributed by atoms with Gasteiger partial charge in [-0.25, -0.2) is 9.97 Å². The van der Waals surface area contributed by atoms with E-state index in [1.165, 1.54) is 5.57 Å². The second kappa shape index (κ2) is 15.2. The zero-order valence-electron chi connectivity index (χ0n) is 19.6. The van der Waals surface area contributed by atoms with Crippen LogP contribution in [0.3, 0.4) is 0 Å².